The summed E-state index contributed by atoms with van der Waals surface area (Å²) in [5, 5.41) is 12.4. The average molecular weight is 217 g/mol. The highest BCUT2D eigenvalue weighted by atomic mass is 16.4. The summed E-state index contributed by atoms with van der Waals surface area (Å²) in [6.45, 7) is 2.10. The predicted octanol–water partition coefficient (Wildman–Crippen LogP) is 3.54. The van der Waals surface area contributed by atoms with E-state index in [2.05, 4.69) is 30.3 Å². The molecule has 0 radical (unpaired) electrons. The molecule has 2 heteroatoms. The molecule has 0 fully saturated rings. The summed E-state index contributed by atoms with van der Waals surface area (Å²) >= 11 is 0. The minimum Gasteiger partial charge on any atom is -0.411 e. The van der Waals surface area contributed by atoms with Gasteiger partial charge in [0, 0.05) is 0 Å². The minimum absolute atomic E-state index is 0.816. The number of hydrogen-bond donors (Lipinski definition) is 1. The molecule has 0 amide bonds. The van der Waals surface area contributed by atoms with E-state index in [1.165, 1.54) is 36.8 Å². The summed E-state index contributed by atoms with van der Waals surface area (Å²) in [7, 11) is 0. The first-order valence-electron chi connectivity index (χ1n) is 6.18. The van der Waals surface area contributed by atoms with E-state index in [4.69, 9.17) is 5.21 Å². The third-order valence-corrected chi connectivity index (χ3v) is 3.29. The number of benzene rings is 1. The van der Waals surface area contributed by atoms with Gasteiger partial charge in [0.2, 0.25) is 0 Å². The summed E-state index contributed by atoms with van der Waals surface area (Å²) in [4.78, 5) is 0. The first-order chi connectivity index (χ1) is 7.85. The van der Waals surface area contributed by atoms with Crippen molar-refractivity contribution in [3.05, 3.63) is 34.9 Å². The Morgan fingerprint density at radius 3 is 2.69 bits per heavy atom. The normalized spacial score (nSPS) is 15.9. The summed E-state index contributed by atoms with van der Waals surface area (Å²) < 4.78 is 0. The molecule has 1 N–H and O–H groups in total. The standard InChI is InChI=1S/C14H19NO/c1-2-5-14(15-16)13-9-8-11-6-3-4-7-12(11)10-13/h8-10,16H,2-7H2,1H3/b15-14+. The van der Waals surface area contributed by atoms with Crippen LogP contribution in [-0.2, 0) is 12.8 Å². The second-order valence-electron chi connectivity index (χ2n) is 4.49. The number of nitrogens with zero attached hydrogens (tertiary/aromatic N) is 1. The van der Waals surface area contributed by atoms with E-state index in [0.29, 0.717) is 0 Å². The van der Waals surface area contributed by atoms with Gasteiger partial charge in [0.1, 0.15) is 0 Å². The van der Waals surface area contributed by atoms with Crippen LogP contribution in [-0.4, -0.2) is 10.9 Å². The third-order valence-electron chi connectivity index (χ3n) is 3.29. The van der Waals surface area contributed by atoms with Gasteiger partial charge in [-0.1, -0.05) is 30.6 Å². The Bertz CT molecular complexity index is 396. The maximum atomic E-state index is 9.00. The second-order valence-corrected chi connectivity index (χ2v) is 4.49. The molecule has 0 spiro atoms. The summed E-state index contributed by atoms with van der Waals surface area (Å²) in [6, 6.07) is 6.50. The van der Waals surface area contributed by atoms with E-state index in [-0.39, 0.29) is 0 Å². The van der Waals surface area contributed by atoms with Crippen LogP contribution >= 0.6 is 0 Å². The number of aryl methyl sites for hydroxylation is 2. The molecule has 1 aromatic rings. The molecule has 1 aromatic carbocycles. The van der Waals surface area contributed by atoms with Crippen molar-refractivity contribution in [3.8, 4) is 0 Å². The highest BCUT2D eigenvalue weighted by Gasteiger charge is 2.11. The maximum absolute atomic E-state index is 9.00. The zero-order chi connectivity index (χ0) is 11.4. The molecule has 0 bridgehead atoms. The number of fused-ring (bicyclic) bond motifs is 1. The van der Waals surface area contributed by atoms with Crippen LogP contribution in [0.4, 0.5) is 0 Å². The molecule has 1 aliphatic carbocycles. The summed E-state index contributed by atoms with van der Waals surface area (Å²) in [5.41, 5.74) is 4.82. The molecule has 0 saturated carbocycles. The van der Waals surface area contributed by atoms with Crippen LogP contribution in [0.1, 0.15) is 49.3 Å². The van der Waals surface area contributed by atoms with Crippen molar-refractivity contribution in [2.24, 2.45) is 5.16 Å². The van der Waals surface area contributed by atoms with Gasteiger partial charge in [0.15, 0.2) is 0 Å². The Kier molecular flexibility index (Phi) is 3.60. The van der Waals surface area contributed by atoms with Crippen LogP contribution in [0.15, 0.2) is 23.4 Å². The molecular formula is C14H19NO. The van der Waals surface area contributed by atoms with Gasteiger partial charge in [0.25, 0.3) is 0 Å². The Labute approximate surface area is 97.0 Å². The van der Waals surface area contributed by atoms with Crippen molar-refractivity contribution >= 4 is 5.71 Å². The zero-order valence-electron chi connectivity index (χ0n) is 9.87. The Hall–Kier alpha value is -1.31. The van der Waals surface area contributed by atoms with Crippen molar-refractivity contribution in [2.45, 2.75) is 45.4 Å². The van der Waals surface area contributed by atoms with Crippen LogP contribution < -0.4 is 0 Å². The molecule has 2 rings (SSSR count). The number of oxime groups is 1. The van der Waals surface area contributed by atoms with Crippen molar-refractivity contribution in [1.29, 1.82) is 0 Å². The van der Waals surface area contributed by atoms with Crippen LogP contribution in [0, 0.1) is 0 Å². The fraction of sp³-hybridized carbons (Fsp3) is 0.500. The van der Waals surface area contributed by atoms with Crippen LogP contribution in [0.5, 0.6) is 0 Å². The molecule has 2 nitrogen and oxygen atoms in total. The molecule has 0 heterocycles. The smallest absolute Gasteiger partial charge is 0.0867 e. The first-order valence-corrected chi connectivity index (χ1v) is 6.18. The lowest BCUT2D eigenvalue weighted by atomic mass is 9.89. The van der Waals surface area contributed by atoms with Gasteiger partial charge in [-0.3, -0.25) is 0 Å². The SMILES string of the molecule is CCC/C(=N\O)c1ccc2c(c1)CCCC2. The van der Waals surface area contributed by atoms with E-state index in [9.17, 15) is 0 Å². The topological polar surface area (TPSA) is 32.6 Å². The van der Waals surface area contributed by atoms with Gasteiger partial charge in [-0.15, -0.1) is 0 Å². The molecule has 86 valence electrons. The lowest BCUT2D eigenvalue weighted by molar-refractivity contribution is 0.318. The Balaban J connectivity index is 2.28. The molecule has 0 unspecified atom stereocenters. The van der Waals surface area contributed by atoms with Crippen molar-refractivity contribution in [2.75, 3.05) is 0 Å². The quantitative estimate of drug-likeness (QED) is 0.469. The zero-order valence-corrected chi connectivity index (χ0v) is 9.87. The second kappa shape index (κ2) is 5.15. The van der Waals surface area contributed by atoms with Gasteiger partial charge in [-0.25, -0.2) is 0 Å². The fourth-order valence-corrected chi connectivity index (χ4v) is 2.40. The van der Waals surface area contributed by atoms with E-state index >= 15 is 0 Å². The van der Waals surface area contributed by atoms with Gasteiger partial charge in [-0.2, -0.15) is 0 Å². The van der Waals surface area contributed by atoms with E-state index in [1.807, 2.05) is 0 Å². The lowest BCUT2D eigenvalue weighted by Gasteiger charge is -2.16. The minimum atomic E-state index is 0.816. The van der Waals surface area contributed by atoms with Gasteiger partial charge in [0.05, 0.1) is 5.71 Å². The van der Waals surface area contributed by atoms with Crippen LogP contribution in [0.3, 0.4) is 0 Å². The summed E-state index contributed by atoms with van der Waals surface area (Å²) in [5.74, 6) is 0. The van der Waals surface area contributed by atoms with Crippen LogP contribution in [0.2, 0.25) is 0 Å². The van der Waals surface area contributed by atoms with Crippen molar-refractivity contribution in [3.63, 3.8) is 0 Å². The fourth-order valence-electron chi connectivity index (χ4n) is 2.40. The average Bonchev–Trinajstić information content (AvgIpc) is 2.35. The highest BCUT2D eigenvalue weighted by molar-refractivity contribution is 6.00. The van der Waals surface area contributed by atoms with Gasteiger partial charge >= 0.3 is 0 Å². The Morgan fingerprint density at radius 1 is 1.25 bits per heavy atom. The monoisotopic (exact) mass is 217 g/mol. The summed E-state index contributed by atoms with van der Waals surface area (Å²) in [6.07, 6.45) is 6.83. The molecule has 0 saturated heterocycles. The molecular weight excluding hydrogens is 198 g/mol. The molecule has 1 aliphatic rings. The lowest BCUT2D eigenvalue weighted by Crippen LogP contribution is -2.06. The van der Waals surface area contributed by atoms with E-state index < -0.39 is 0 Å². The molecule has 16 heavy (non-hydrogen) atoms. The predicted molar refractivity (Wildman–Crippen MR) is 66.3 cm³/mol. The van der Waals surface area contributed by atoms with Gasteiger partial charge in [-0.05, 0) is 54.9 Å². The largest absolute Gasteiger partial charge is 0.411 e. The maximum Gasteiger partial charge on any atom is 0.0867 e. The highest BCUT2D eigenvalue weighted by Crippen LogP contribution is 2.23. The number of hydrogen-bond acceptors (Lipinski definition) is 2. The third kappa shape index (κ3) is 2.26. The van der Waals surface area contributed by atoms with E-state index in [0.717, 1.165) is 24.1 Å². The molecule has 0 aromatic heterocycles. The van der Waals surface area contributed by atoms with Crippen LogP contribution in [0.25, 0.3) is 0 Å². The Morgan fingerprint density at radius 2 is 2.00 bits per heavy atom. The molecule has 0 atom stereocenters. The number of rotatable bonds is 3. The van der Waals surface area contributed by atoms with E-state index in [1.54, 1.807) is 0 Å². The van der Waals surface area contributed by atoms with Crippen molar-refractivity contribution < 1.29 is 5.21 Å². The van der Waals surface area contributed by atoms with Gasteiger partial charge < -0.3 is 5.21 Å². The molecule has 0 aliphatic heterocycles. The van der Waals surface area contributed by atoms with Crippen molar-refractivity contribution in [1.82, 2.24) is 0 Å². The first kappa shape index (κ1) is 11.2.